The van der Waals surface area contributed by atoms with Gasteiger partial charge in [-0.1, -0.05) is 12.1 Å². The molecule has 3 rings (SSSR count). The second-order valence-corrected chi connectivity index (χ2v) is 5.76. The van der Waals surface area contributed by atoms with E-state index in [1.807, 2.05) is 24.0 Å². The van der Waals surface area contributed by atoms with Crippen molar-refractivity contribution < 1.29 is 9.90 Å². The third-order valence-electron chi connectivity index (χ3n) is 4.46. The summed E-state index contributed by atoms with van der Waals surface area (Å²) in [6.07, 6.45) is 3.15. The number of rotatable bonds is 1. The minimum absolute atomic E-state index is 0.0370. The molecule has 2 aliphatic heterocycles. The van der Waals surface area contributed by atoms with Crippen LogP contribution in [0.2, 0.25) is 0 Å². The molecule has 2 unspecified atom stereocenters. The number of anilines is 1. The Morgan fingerprint density at radius 1 is 1.32 bits per heavy atom. The van der Waals surface area contributed by atoms with Crippen molar-refractivity contribution in [3.8, 4) is 0 Å². The summed E-state index contributed by atoms with van der Waals surface area (Å²) >= 11 is 0. The number of amides is 1. The molecule has 1 aromatic rings. The van der Waals surface area contributed by atoms with Gasteiger partial charge in [-0.25, -0.2) is 0 Å². The van der Waals surface area contributed by atoms with Crippen molar-refractivity contribution in [3.05, 3.63) is 29.3 Å². The number of hydrogen-bond acceptors (Lipinski definition) is 3. The van der Waals surface area contributed by atoms with Gasteiger partial charge in [0.2, 0.25) is 0 Å². The Labute approximate surface area is 113 Å². The topological polar surface area (TPSA) is 66.6 Å². The highest BCUT2D eigenvalue weighted by Gasteiger charge is 2.43. The average molecular weight is 260 g/mol. The zero-order valence-corrected chi connectivity index (χ0v) is 11.2. The summed E-state index contributed by atoms with van der Waals surface area (Å²) in [5.41, 5.74) is 8.08. The molecular formula is C15H20N2O2. The van der Waals surface area contributed by atoms with Gasteiger partial charge in [-0.2, -0.15) is 0 Å². The van der Waals surface area contributed by atoms with Crippen molar-refractivity contribution in [2.45, 2.75) is 50.8 Å². The minimum Gasteiger partial charge on any atom is -0.398 e. The van der Waals surface area contributed by atoms with Crippen molar-refractivity contribution >= 4 is 11.6 Å². The molecule has 4 heteroatoms. The van der Waals surface area contributed by atoms with E-state index in [1.54, 1.807) is 6.07 Å². The van der Waals surface area contributed by atoms with Crippen LogP contribution in [0.15, 0.2) is 18.2 Å². The van der Waals surface area contributed by atoms with Crippen molar-refractivity contribution in [1.82, 2.24) is 4.90 Å². The molecule has 2 aliphatic rings. The van der Waals surface area contributed by atoms with Gasteiger partial charge in [0.15, 0.2) is 0 Å². The Morgan fingerprint density at radius 3 is 2.53 bits per heavy atom. The Morgan fingerprint density at radius 2 is 1.95 bits per heavy atom. The molecule has 102 valence electrons. The lowest BCUT2D eigenvalue weighted by atomic mass is 9.97. The lowest BCUT2D eigenvalue weighted by Gasteiger charge is -2.37. The number of piperidine rings is 1. The van der Waals surface area contributed by atoms with Crippen LogP contribution in [0, 0.1) is 6.92 Å². The number of benzene rings is 1. The van der Waals surface area contributed by atoms with Crippen molar-refractivity contribution in [1.29, 1.82) is 0 Å². The minimum atomic E-state index is -0.254. The fraction of sp³-hybridized carbons (Fsp3) is 0.533. The van der Waals surface area contributed by atoms with Gasteiger partial charge >= 0.3 is 0 Å². The number of carbonyl (C=O) groups is 1. The van der Waals surface area contributed by atoms with Gasteiger partial charge in [-0.3, -0.25) is 4.79 Å². The molecular weight excluding hydrogens is 240 g/mol. The SMILES string of the molecule is Cc1cccc(N)c1C(=O)N1C2CCC1CC(O)C2. The van der Waals surface area contributed by atoms with Gasteiger partial charge in [-0.15, -0.1) is 0 Å². The maximum Gasteiger partial charge on any atom is 0.256 e. The Hall–Kier alpha value is -1.55. The van der Waals surface area contributed by atoms with Crippen LogP contribution in [0.4, 0.5) is 5.69 Å². The quantitative estimate of drug-likeness (QED) is 0.755. The summed E-state index contributed by atoms with van der Waals surface area (Å²) in [6, 6.07) is 5.93. The van der Waals surface area contributed by atoms with Gasteiger partial charge < -0.3 is 15.7 Å². The van der Waals surface area contributed by atoms with E-state index in [-0.39, 0.29) is 24.1 Å². The van der Waals surface area contributed by atoms with Crippen molar-refractivity contribution in [2.24, 2.45) is 0 Å². The molecule has 2 saturated heterocycles. The van der Waals surface area contributed by atoms with E-state index in [1.165, 1.54) is 0 Å². The van der Waals surface area contributed by atoms with Gasteiger partial charge in [0, 0.05) is 17.8 Å². The standard InChI is InChI=1S/C15H20N2O2/c1-9-3-2-4-13(16)14(9)15(19)17-10-5-6-11(17)8-12(18)7-10/h2-4,10-12,18H,5-8,16H2,1H3. The molecule has 0 aliphatic carbocycles. The average Bonchev–Trinajstić information content (AvgIpc) is 2.61. The third-order valence-corrected chi connectivity index (χ3v) is 4.46. The first-order valence-corrected chi connectivity index (χ1v) is 6.93. The maximum absolute atomic E-state index is 12.8. The van der Waals surface area contributed by atoms with Crippen LogP contribution in [0.5, 0.6) is 0 Å². The largest absolute Gasteiger partial charge is 0.398 e. The Bertz CT molecular complexity index is 481. The lowest BCUT2D eigenvalue weighted by Crippen LogP contribution is -2.48. The molecule has 2 bridgehead atoms. The summed E-state index contributed by atoms with van der Waals surface area (Å²) in [4.78, 5) is 14.7. The molecule has 19 heavy (non-hydrogen) atoms. The number of aliphatic hydroxyl groups excluding tert-OH is 1. The predicted octanol–water partition coefficient (Wildman–Crippen LogP) is 1.71. The molecule has 0 saturated carbocycles. The number of hydrogen-bond donors (Lipinski definition) is 2. The van der Waals surface area contributed by atoms with Gasteiger partial charge in [0.05, 0.1) is 11.7 Å². The fourth-order valence-electron chi connectivity index (χ4n) is 3.59. The maximum atomic E-state index is 12.8. The van der Waals surface area contributed by atoms with Gasteiger partial charge in [0.1, 0.15) is 0 Å². The first-order chi connectivity index (χ1) is 9.08. The molecule has 2 atom stereocenters. The lowest BCUT2D eigenvalue weighted by molar-refractivity contribution is 0.0287. The summed E-state index contributed by atoms with van der Waals surface area (Å²) in [5.74, 6) is 0.0370. The van der Waals surface area contributed by atoms with Crippen molar-refractivity contribution in [3.63, 3.8) is 0 Å². The second kappa shape index (κ2) is 4.53. The Kier molecular flexibility index (Phi) is 2.97. The second-order valence-electron chi connectivity index (χ2n) is 5.76. The van der Waals surface area contributed by atoms with E-state index in [2.05, 4.69) is 0 Å². The van der Waals surface area contributed by atoms with E-state index in [9.17, 15) is 9.90 Å². The van der Waals surface area contributed by atoms with Crippen molar-refractivity contribution in [2.75, 3.05) is 5.73 Å². The van der Waals surface area contributed by atoms with Crippen LogP contribution in [0.25, 0.3) is 0 Å². The molecule has 0 radical (unpaired) electrons. The van der Waals surface area contributed by atoms with E-state index < -0.39 is 0 Å². The van der Waals surface area contributed by atoms with Crippen LogP contribution in [0.1, 0.15) is 41.6 Å². The van der Waals surface area contributed by atoms with Crippen LogP contribution in [-0.2, 0) is 0 Å². The van der Waals surface area contributed by atoms with Crippen LogP contribution in [-0.4, -0.2) is 34.1 Å². The zero-order chi connectivity index (χ0) is 13.6. The van der Waals surface area contributed by atoms with Gasteiger partial charge in [0.25, 0.3) is 5.91 Å². The van der Waals surface area contributed by atoms with E-state index >= 15 is 0 Å². The number of nitrogen functional groups attached to an aromatic ring is 1. The van der Waals surface area contributed by atoms with E-state index in [0.717, 1.165) is 18.4 Å². The van der Waals surface area contributed by atoms with E-state index in [4.69, 9.17) is 5.73 Å². The predicted molar refractivity (Wildman–Crippen MR) is 73.8 cm³/mol. The molecule has 2 fully saturated rings. The number of nitrogens with zero attached hydrogens (tertiary/aromatic N) is 1. The molecule has 0 aromatic heterocycles. The molecule has 4 nitrogen and oxygen atoms in total. The highest BCUT2D eigenvalue weighted by molar-refractivity contribution is 6.01. The normalized spacial score (nSPS) is 29.6. The first-order valence-electron chi connectivity index (χ1n) is 6.93. The van der Waals surface area contributed by atoms with Crippen LogP contribution >= 0.6 is 0 Å². The third kappa shape index (κ3) is 2.00. The summed E-state index contributed by atoms with van der Waals surface area (Å²) in [5, 5.41) is 9.81. The summed E-state index contributed by atoms with van der Waals surface area (Å²) < 4.78 is 0. The monoisotopic (exact) mass is 260 g/mol. The highest BCUT2D eigenvalue weighted by Crippen LogP contribution is 2.37. The molecule has 1 amide bonds. The fourth-order valence-corrected chi connectivity index (χ4v) is 3.59. The summed E-state index contributed by atoms with van der Waals surface area (Å²) in [6.45, 7) is 1.92. The summed E-state index contributed by atoms with van der Waals surface area (Å²) in [7, 11) is 0. The molecule has 0 spiro atoms. The number of aliphatic hydroxyl groups is 1. The number of aryl methyl sites for hydroxylation is 1. The first kappa shape index (κ1) is 12.5. The highest BCUT2D eigenvalue weighted by atomic mass is 16.3. The zero-order valence-electron chi connectivity index (χ0n) is 11.2. The van der Waals surface area contributed by atoms with Gasteiger partial charge in [-0.05, 0) is 44.2 Å². The number of fused-ring (bicyclic) bond motifs is 2. The number of carbonyl (C=O) groups excluding carboxylic acids is 1. The number of nitrogens with two attached hydrogens (primary N) is 1. The van der Waals surface area contributed by atoms with Crippen LogP contribution in [0.3, 0.4) is 0 Å². The molecule has 3 N–H and O–H groups in total. The van der Waals surface area contributed by atoms with Crippen LogP contribution < -0.4 is 5.73 Å². The molecule has 1 aromatic carbocycles. The smallest absolute Gasteiger partial charge is 0.256 e. The Balaban J connectivity index is 1.93. The van der Waals surface area contributed by atoms with E-state index in [0.29, 0.717) is 24.1 Å². The molecule has 2 heterocycles.